The second-order valence-corrected chi connectivity index (χ2v) is 29.2. The zero-order valence-electron chi connectivity index (χ0n) is 69.5. The molecular weight excluding hydrogens is 1600 g/mol. The summed E-state index contributed by atoms with van der Waals surface area (Å²) in [6.45, 7) is 4.10. The van der Waals surface area contributed by atoms with Gasteiger partial charge in [0, 0.05) is 133 Å². The first kappa shape index (κ1) is 90.4. The molecule has 1 aliphatic heterocycles. The van der Waals surface area contributed by atoms with E-state index in [4.69, 9.17) is 21.2 Å². The first-order chi connectivity index (χ1) is 61.6. The minimum atomic E-state index is -0.590. The van der Waals surface area contributed by atoms with Crippen LogP contribution in [0.1, 0.15) is 108 Å². The van der Waals surface area contributed by atoms with Crippen molar-refractivity contribution >= 4 is 117 Å². The number of ether oxygens (including phenoxy) is 1. The number of nitrogens with one attached hydrogen (secondary N) is 2. The standard InChI is InChI=1S/C21H19NO3.C19H15N3O.C19H13N3O.C17H13NO.C13H13NO2.C11H7ClO.C6H7N.CH4/c1-2-25-20(23)14-19(16-10-12-22-13-11-16)21(24)18-9-5-7-15-6-3-4-8-17(15)18;2*23-18-12-17(14-8-10-20-11-9-14)19(22-21-18)16-7-3-5-13-4-1-2-6-15(13)16;19-17(12-13-8-10-18-11-9-13)16-7-3-5-14-4-1-2-6-15(14)16;1-14(16-2)13(15)12-9-5-7-10-6-3-4-8-11(10)12;12-11(13)10-7-3-5-8-4-1-2-6-9(8)10;1-6-2-4-7-5-3-6;/h3-13,19H,2,14H2,1H3;1-11,17H,12H2,(H,21,23);1-12H,(H,21,23);1-11H,12H2;3-9H,1-2H3;1-7H;2-5H,1H3;1H4. The number of H-pyrrole nitrogens is 1. The lowest BCUT2D eigenvalue weighted by Gasteiger charge is -2.24. The molecule has 20 heteroatoms. The summed E-state index contributed by atoms with van der Waals surface area (Å²) in [5.41, 5.74) is 14.5. The molecular formula is C107H91ClN10O9. The summed E-state index contributed by atoms with van der Waals surface area (Å²) < 4.78 is 5.06. The number of aromatic nitrogens is 7. The molecule has 630 valence electrons. The van der Waals surface area contributed by atoms with Gasteiger partial charge < -0.3 is 4.74 Å². The number of hydroxylamine groups is 2. The highest BCUT2D eigenvalue weighted by molar-refractivity contribution is 6.68. The fourth-order valence-electron chi connectivity index (χ4n) is 14.6. The number of nitrogens with zero attached hydrogens (tertiary/aromatic N) is 8. The average Bonchev–Trinajstić information content (AvgIpc) is 0.799. The summed E-state index contributed by atoms with van der Waals surface area (Å²) in [6, 6.07) is 103. The van der Waals surface area contributed by atoms with Gasteiger partial charge in [0.2, 0.25) is 5.91 Å². The molecule has 7 heterocycles. The minimum Gasteiger partial charge on any atom is -0.466 e. The van der Waals surface area contributed by atoms with E-state index < -0.39 is 11.2 Å². The number of amides is 2. The maximum absolute atomic E-state index is 13.3. The van der Waals surface area contributed by atoms with Crippen LogP contribution in [0.3, 0.4) is 0 Å². The summed E-state index contributed by atoms with van der Waals surface area (Å²) in [4.78, 5) is 109. The number of fused-ring (bicyclic) bond motifs is 6. The van der Waals surface area contributed by atoms with E-state index in [1.165, 1.54) is 17.7 Å². The number of benzene rings is 12. The minimum absolute atomic E-state index is 0. The van der Waals surface area contributed by atoms with Gasteiger partial charge >= 0.3 is 5.97 Å². The van der Waals surface area contributed by atoms with Crippen LogP contribution in [0.4, 0.5) is 0 Å². The molecule has 19 rings (SSSR count). The lowest BCUT2D eigenvalue weighted by atomic mass is 9.85. The largest absolute Gasteiger partial charge is 0.466 e. The highest BCUT2D eigenvalue weighted by Crippen LogP contribution is 2.36. The van der Waals surface area contributed by atoms with Crippen LogP contribution in [0.2, 0.25) is 0 Å². The van der Waals surface area contributed by atoms with Crippen LogP contribution in [-0.4, -0.2) is 101 Å². The fourth-order valence-corrected chi connectivity index (χ4v) is 14.8. The molecule has 2 amide bonds. The Kier molecular flexibility index (Phi) is 32.3. The summed E-state index contributed by atoms with van der Waals surface area (Å²) in [5.74, 6) is -1.17. The smallest absolute Gasteiger partial charge is 0.306 e. The van der Waals surface area contributed by atoms with Crippen LogP contribution >= 0.6 is 11.6 Å². The third-order valence-corrected chi connectivity index (χ3v) is 21.0. The number of rotatable bonds is 16. The number of Topliss-reactive ketones (excluding diaryl/α,β-unsaturated/α-hetero) is 2. The van der Waals surface area contributed by atoms with Gasteiger partial charge in [-0.3, -0.25) is 63.3 Å². The Bertz CT molecular complexity index is 6880. The molecule has 0 spiro atoms. The van der Waals surface area contributed by atoms with E-state index in [9.17, 15) is 33.6 Å². The first-order valence-corrected chi connectivity index (χ1v) is 41.0. The van der Waals surface area contributed by atoms with E-state index in [-0.39, 0.29) is 54.7 Å². The van der Waals surface area contributed by atoms with Crippen molar-refractivity contribution in [2.75, 3.05) is 20.8 Å². The van der Waals surface area contributed by atoms with Gasteiger partial charge in [0.1, 0.15) is 0 Å². The zero-order chi connectivity index (χ0) is 87.9. The van der Waals surface area contributed by atoms with Gasteiger partial charge in [-0.2, -0.15) is 10.2 Å². The van der Waals surface area contributed by atoms with Crippen molar-refractivity contribution in [2.45, 2.75) is 52.4 Å². The second kappa shape index (κ2) is 45.3. The monoisotopic (exact) mass is 1690 g/mol. The molecule has 18 aromatic rings. The molecule has 0 saturated carbocycles. The number of ketones is 2. The van der Waals surface area contributed by atoms with E-state index in [0.717, 1.165) is 121 Å². The molecule has 0 aliphatic carbocycles. The Morgan fingerprint density at radius 2 is 0.858 bits per heavy atom. The first-order valence-electron chi connectivity index (χ1n) is 40.7. The van der Waals surface area contributed by atoms with Crippen LogP contribution in [0.25, 0.3) is 87.0 Å². The van der Waals surface area contributed by atoms with Crippen molar-refractivity contribution in [3.05, 3.63) is 444 Å². The van der Waals surface area contributed by atoms with Crippen molar-refractivity contribution < 1.29 is 38.3 Å². The molecule has 0 radical (unpaired) electrons. The Morgan fingerprint density at radius 1 is 0.457 bits per heavy atom. The normalized spacial score (nSPS) is 11.9. The number of hydrogen-bond acceptors (Lipinski definition) is 16. The molecule has 2 atom stereocenters. The van der Waals surface area contributed by atoms with Gasteiger partial charge in [0.05, 0.1) is 37.5 Å². The molecule has 6 aromatic heterocycles. The fraction of sp³-hybridized carbons (Fsp3) is 0.103. The molecule has 0 fully saturated rings. The molecule has 0 bridgehead atoms. The third-order valence-electron chi connectivity index (χ3n) is 20.8. The highest BCUT2D eigenvalue weighted by atomic mass is 35.5. The lowest BCUT2D eigenvalue weighted by Crippen LogP contribution is -2.32. The average molecular weight is 1700 g/mol. The highest BCUT2D eigenvalue weighted by Gasteiger charge is 2.30. The molecule has 127 heavy (non-hydrogen) atoms. The van der Waals surface area contributed by atoms with Crippen LogP contribution in [0.5, 0.6) is 0 Å². The van der Waals surface area contributed by atoms with E-state index in [1.807, 2.05) is 256 Å². The Morgan fingerprint density at radius 3 is 1.35 bits per heavy atom. The Balaban J connectivity index is 0.000000137. The van der Waals surface area contributed by atoms with E-state index >= 15 is 0 Å². The Labute approximate surface area is 740 Å². The number of aromatic amines is 1. The summed E-state index contributed by atoms with van der Waals surface area (Å²) in [5, 5.41) is 24.6. The summed E-state index contributed by atoms with van der Waals surface area (Å²) in [6.07, 6.45) is 18.0. The predicted octanol–water partition coefficient (Wildman–Crippen LogP) is 22.4. The van der Waals surface area contributed by atoms with E-state index in [1.54, 1.807) is 106 Å². The summed E-state index contributed by atoms with van der Waals surface area (Å²) in [7, 11) is 3.08. The number of halogens is 1. The molecule has 2 unspecified atom stereocenters. The predicted molar refractivity (Wildman–Crippen MR) is 507 cm³/mol. The van der Waals surface area contributed by atoms with Gasteiger partial charge in [-0.05, 0) is 191 Å². The molecule has 2 N–H and O–H groups in total. The quantitative estimate of drug-likeness (QED) is 0.0394. The van der Waals surface area contributed by atoms with E-state index in [0.29, 0.717) is 36.1 Å². The zero-order valence-corrected chi connectivity index (χ0v) is 70.2. The topological polar surface area (TPSA) is 259 Å². The number of esters is 1. The van der Waals surface area contributed by atoms with Crippen LogP contribution in [0.15, 0.2) is 393 Å². The van der Waals surface area contributed by atoms with Gasteiger partial charge in [-0.25, -0.2) is 15.6 Å². The molecule has 0 saturated heterocycles. The lowest BCUT2D eigenvalue weighted by molar-refractivity contribution is -0.143. The van der Waals surface area contributed by atoms with Gasteiger partial charge in [0.15, 0.2) is 11.6 Å². The molecule has 1 aliphatic rings. The summed E-state index contributed by atoms with van der Waals surface area (Å²) >= 11 is 5.44. The van der Waals surface area contributed by atoms with Crippen LogP contribution < -0.4 is 11.0 Å². The number of hydrazone groups is 1. The number of hydrogen-bond donors (Lipinski definition) is 2. The second-order valence-electron chi connectivity index (χ2n) is 28.9. The maximum Gasteiger partial charge on any atom is 0.306 e. The van der Waals surface area contributed by atoms with Gasteiger partial charge in [0.25, 0.3) is 16.7 Å². The number of aryl methyl sites for hydroxylation is 1. The van der Waals surface area contributed by atoms with Crippen LogP contribution in [0, 0.1) is 6.92 Å². The number of pyridine rings is 5. The van der Waals surface area contributed by atoms with Crippen LogP contribution in [-0.2, 0) is 25.6 Å². The van der Waals surface area contributed by atoms with Gasteiger partial charge in [-0.15, -0.1) is 0 Å². The van der Waals surface area contributed by atoms with E-state index in [2.05, 4.69) is 88.1 Å². The maximum atomic E-state index is 13.3. The third kappa shape index (κ3) is 23.7. The SMILES string of the molecule is C.CCOC(=O)CC(C(=O)c1cccc2ccccc12)c1ccncc1.CON(C)C(=O)c1cccc2ccccc12.Cc1ccncc1.O=C(Cc1ccncc1)c1cccc2ccccc12.O=C(Cl)c1cccc2ccccc12.O=C1CC(c2ccncc2)C(c2cccc3ccccc23)=NN1.O=c1cc(-c2ccncc2)c(-c2cccc3ccccc23)n[nH]1. The molecule has 12 aromatic carbocycles. The van der Waals surface area contributed by atoms with Crippen molar-refractivity contribution in [3.8, 4) is 22.4 Å². The number of carbonyl (C=O) groups is 6. The number of carbonyl (C=O) groups excluding carboxylic acids is 6. The van der Waals surface area contributed by atoms with Gasteiger partial charge in [-0.1, -0.05) is 250 Å². The van der Waals surface area contributed by atoms with Crippen molar-refractivity contribution in [1.29, 1.82) is 0 Å². The van der Waals surface area contributed by atoms with Crippen molar-refractivity contribution in [1.82, 2.24) is 45.6 Å². The molecule has 19 nitrogen and oxygen atoms in total. The Hall–Kier alpha value is -15.8. The van der Waals surface area contributed by atoms with Crippen molar-refractivity contribution in [2.24, 2.45) is 5.10 Å². The van der Waals surface area contributed by atoms with Crippen molar-refractivity contribution in [3.63, 3.8) is 0 Å².